The second-order valence-corrected chi connectivity index (χ2v) is 9.29. The van der Waals surface area contributed by atoms with E-state index in [1.54, 1.807) is 46.8 Å². The van der Waals surface area contributed by atoms with Crippen LogP contribution in [0.1, 0.15) is 37.3 Å². The lowest BCUT2D eigenvalue weighted by molar-refractivity contribution is -0.128. The van der Waals surface area contributed by atoms with E-state index >= 15 is 0 Å². The molecule has 2 aromatic carbocycles. The molecule has 0 N–H and O–H groups in total. The molecule has 2 bridgehead atoms. The number of benzene rings is 2. The number of nitrogens with zero attached hydrogens (tertiary/aromatic N) is 1. The molecule has 136 valence electrons. The minimum absolute atomic E-state index is 0.173. The zero-order chi connectivity index (χ0) is 18.3. The van der Waals surface area contributed by atoms with Crippen molar-refractivity contribution in [1.29, 1.82) is 0 Å². The first-order valence-corrected chi connectivity index (χ1v) is 10.7. The summed E-state index contributed by atoms with van der Waals surface area (Å²) in [6.07, 6.45) is 2.62. The van der Waals surface area contributed by atoms with Crippen molar-refractivity contribution in [2.45, 2.75) is 42.7 Å². The maximum Gasteiger partial charge on any atom is 0.243 e. The Morgan fingerprint density at radius 3 is 2.35 bits per heavy atom. The molecule has 0 unspecified atom stereocenters. The van der Waals surface area contributed by atoms with Crippen molar-refractivity contribution in [2.75, 3.05) is 0 Å². The van der Waals surface area contributed by atoms with Crippen LogP contribution in [0.4, 0.5) is 0 Å². The SMILES string of the molecule is O=C1C[C@H]2CCC[C@@H]1[C@@H](c1ccc(Cl)cc1)N2S(=O)(=O)c1ccccc1. The van der Waals surface area contributed by atoms with Crippen molar-refractivity contribution < 1.29 is 13.2 Å². The molecule has 2 aliphatic heterocycles. The molecule has 2 heterocycles. The Bertz CT molecular complexity index is 912. The minimum Gasteiger partial charge on any atom is -0.299 e. The maximum absolute atomic E-state index is 13.5. The Kier molecular flexibility index (Phi) is 4.63. The van der Waals surface area contributed by atoms with E-state index in [0.717, 1.165) is 24.8 Å². The molecule has 2 aromatic rings. The smallest absolute Gasteiger partial charge is 0.243 e. The highest BCUT2D eigenvalue weighted by atomic mass is 35.5. The summed E-state index contributed by atoms with van der Waals surface area (Å²) in [6, 6.07) is 14.9. The van der Waals surface area contributed by atoms with Crippen LogP contribution in [0.5, 0.6) is 0 Å². The molecule has 4 nitrogen and oxygen atoms in total. The number of carbonyl (C=O) groups is 1. The normalized spacial score (nSPS) is 26.7. The number of fused-ring (bicyclic) bond motifs is 4. The molecule has 6 heteroatoms. The number of hydrogen-bond donors (Lipinski definition) is 0. The molecule has 1 saturated carbocycles. The van der Waals surface area contributed by atoms with Crippen molar-refractivity contribution in [3.8, 4) is 0 Å². The molecule has 2 saturated heterocycles. The van der Waals surface area contributed by atoms with E-state index in [0.29, 0.717) is 11.4 Å². The quantitative estimate of drug-likeness (QED) is 0.789. The first-order chi connectivity index (χ1) is 12.5. The molecule has 1 aliphatic carbocycles. The van der Waals surface area contributed by atoms with Crippen molar-refractivity contribution in [3.05, 3.63) is 65.2 Å². The Balaban J connectivity index is 1.87. The lowest BCUT2D eigenvalue weighted by atomic mass is 9.83. The first-order valence-electron chi connectivity index (χ1n) is 8.85. The number of carbonyl (C=O) groups excluding carboxylic acids is 1. The van der Waals surface area contributed by atoms with Crippen molar-refractivity contribution in [1.82, 2.24) is 4.31 Å². The average Bonchev–Trinajstić information content (AvgIpc) is 2.94. The number of ketones is 1. The van der Waals surface area contributed by atoms with E-state index in [4.69, 9.17) is 11.6 Å². The largest absolute Gasteiger partial charge is 0.299 e. The van der Waals surface area contributed by atoms with Gasteiger partial charge in [0.1, 0.15) is 5.78 Å². The molecule has 5 rings (SSSR count). The molecule has 0 radical (unpaired) electrons. The molecule has 3 aliphatic rings. The van der Waals surface area contributed by atoms with Gasteiger partial charge in [0.25, 0.3) is 0 Å². The molecule has 3 atom stereocenters. The summed E-state index contributed by atoms with van der Waals surface area (Å²) in [5.74, 6) is -0.125. The standard InChI is InChI=1S/C20H20ClNO3S/c21-15-11-9-14(10-12-15)20-18-8-4-5-16(13-19(18)23)22(20)26(24,25)17-6-2-1-3-7-17/h1-3,6-7,9-12,16,18,20H,4-5,8,13H2/t16-,18+,20-/m1/s1. The lowest BCUT2D eigenvalue weighted by Crippen LogP contribution is -2.50. The van der Waals surface area contributed by atoms with Gasteiger partial charge >= 0.3 is 0 Å². The number of sulfonamides is 1. The topological polar surface area (TPSA) is 54.5 Å². The van der Waals surface area contributed by atoms with Gasteiger partial charge in [-0.2, -0.15) is 4.31 Å². The van der Waals surface area contributed by atoms with Crippen molar-refractivity contribution >= 4 is 27.4 Å². The van der Waals surface area contributed by atoms with Gasteiger partial charge in [0.15, 0.2) is 0 Å². The molecular weight excluding hydrogens is 370 g/mol. The summed E-state index contributed by atoms with van der Waals surface area (Å²) in [6.45, 7) is 0. The van der Waals surface area contributed by atoms with Crippen LogP contribution in [0.3, 0.4) is 0 Å². The molecule has 26 heavy (non-hydrogen) atoms. The Morgan fingerprint density at radius 1 is 0.962 bits per heavy atom. The number of rotatable bonds is 3. The van der Waals surface area contributed by atoms with Crippen LogP contribution in [0.25, 0.3) is 0 Å². The predicted molar refractivity (Wildman–Crippen MR) is 100 cm³/mol. The fourth-order valence-corrected chi connectivity index (χ4v) is 6.29. The fraction of sp³-hybridized carbons (Fsp3) is 0.350. The zero-order valence-electron chi connectivity index (χ0n) is 14.2. The number of Topliss-reactive ketones (excluding diaryl/α,β-unsaturated/α-hetero) is 1. The summed E-state index contributed by atoms with van der Waals surface area (Å²) < 4.78 is 28.6. The van der Waals surface area contributed by atoms with Gasteiger partial charge in [0.05, 0.1) is 10.9 Å². The molecule has 0 spiro atoms. The predicted octanol–water partition coefficient (Wildman–Crippen LogP) is 4.21. The van der Waals surface area contributed by atoms with Crippen LogP contribution in [0.15, 0.2) is 59.5 Å². The van der Waals surface area contributed by atoms with Gasteiger partial charge in [0.2, 0.25) is 10.0 Å². The van der Waals surface area contributed by atoms with Gasteiger partial charge in [-0.1, -0.05) is 48.4 Å². The van der Waals surface area contributed by atoms with Crippen molar-refractivity contribution in [2.24, 2.45) is 5.92 Å². The van der Waals surface area contributed by atoms with E-state index in [1.165, 1.54) is 0 Å². The van der Waals surface area contributed by atoms with Crippen LogP contribution in [0.2, 0.25) is 5.02 Å². The maximum atomic E-state index is 13.5. The lowest BCUT2D eigenvalue weighted by Gasteiger charge is -2.42. The monoisotopic (exact) mass is 389 g/mol. The highest BCUT2D eigenvalue weighted by Gasteiger charge is 2.50. The highest BCUT2D eigenvalue weighted by Crippen LogP contribution is 2.46. The van der Waals surface area contributed by atoms with Gasteiger partial charge in [-0.15, -0.1) is 0 Å². The van der Waals surface area contributed by atoms with Crippen LogP contribution >= 0.6 is 11.6 Å². The van der Waals surface area contributed by atoms with E-state index in [-0.39, 0.29) is 22.6 Å². The van der Waals surface area contributed by atoms with Gasteiger partial charge in [-0.05, 0) is 42.7 Å². The average molecular weight is 390 g/mol. The number of hydrogen-bond acceptors (Lipinski definition) is 3. The summed E-state index contributed by atoms with van der Waals surface area (Å²) in [5.41, 5.74) is 0.832. The van der Waals surface area contributed by atoms with E-state index in [2.05, 4.69) is 0 Å². The minimum atomic E-state index is -3.70. The van der Waals surface area contributed by atoms with Gasteiger partial charge in [0, 0.05) is 23.4 Å². The summed E-state index contributed by atoms with van der Waals surface area (Å²) >= 11 is 6.01. The van der Waals surface area contributed by atoms with Gasteiger partial charge in [-0.25, -0.2) is 8.42 Å². The Labute approximate surface area is 158 Å². The van der Waals surface area contributed by atoms with Crippen LogP contribution in [-0.4, -0.2) is 24.5 Å². The number of halogens is 1. The van der Waals surface area contributed by atoms with Crippen LogP contribution < -0.4 is 0 Å². The summed E-state index contributed by atoms with van der Waals surface area (Å²) in [7, 11) is -3.70. The summed E-state index contributed by atoms with van der Waals surface area (Å²) in [4.78, 5) is 13.0. The van der Waals surface area contributed by atoms with E-state index < -0.39 is 16.1 Å². The van der Waals surface area contributed by atoms with Gasteiger partial charge < -0.3 is 0 Å². The van der Waals surface area contributed by atoms with Gasteiger partial charge in [-0.3, -0.25) is 4.79 Å². The fourth-order valence-electron chi connectivity index (χ4n) is 4.27. The van der Waals surface area contributed by atoms with Crippen molar-refractivity contribution in [3.63, 3.8) is 0 Å². The van der Waals surface area contributed by atoms with Crippen LogP contribution in [-0.2, 0) is 14.8 Å². The molecule has 0 amide bonds. The third-order valence-electron chi connectivity index (χ3n) is 5.45. The second-order valence-electron chi connectivity index (χ2n) is 7.01. The third-order valence-corrected chi connectivity index (χ3v) is 7.65. The first kappa shape index (κ1) is 17.7. The van der Waals surface area contributed by atoms with Crippen LogP contribution in [0, 0.1) is 5.92 Å². The molecular formula is C20H20ClNO3S. The summed E-state index contributed by atoms with van der Waals surface area (Å²) in [5, 5.41) is 0.594. The van der Waals surface area contributed by atoms with E-state index in [1.807, 2.05) is 12.1 Å². The zero-order valence-corrected chi connectivity index (χ0v) is 15.8. The Morgan fingerprint density at radius 2 is 1.65 bits per heavy atom. The molecule has 3 fully saturated rings. The third kappa shape index (κ3) is 2.98. The highest BCUT2D eigenvalue weighted by molar-refractivity contribution is 7.89. The molecule has 0 aromatic heterocycles. The second kappa shape index (κ2) is 6.80. The number of piperidine rings is 1. The Hall–Kier alpha value is -1.69. The van der Waals surface area contributed by atoms with E-state index in [9.17, 15) is 13.2 Å².